The van der Waals surface area contributed by atoms with Crippen LogP contribution in [0.1, 0.15) is 17.4 Å². The summed E-state index contributed by atoms with van der Waals surface area (Å²) in [4.78, 5) is 37.6. The van der Waals surface area contributed by atoms with Crippen LogP contribution >= 0.6 is 11.3 Å². The monoisotopic (exact) mass is 510 g/mol. The standard InChI is InChI=1S/C15H18N2O5S.C7H8O3S/c1-9(7-17-8-11(16)14(17)19)13(15(20)21-2)22-12(18)6-10-4-3-5-23-10;1-6-2-4-7(5-3-6)11(8,9)10/h3-5,11H,6-8,16H2,1-2H3;2-5H,1H3,(H,8,9,10)/t11-;/m0./s1. The number of likely N-dealkylation sites (tertiary alicyclic amines) is 1. The molecule has 1 aliphatic heterocycles. The molecule has 1 amide bonds. The number of β-lactam (4-membered cyclic amide) rings is 1. The summed E-state index contributed by atoms with van der Waals surface area (Å²) in [5, 5.41) is 1.85. The van der Waals surface area contributed by atoms with Gasteiger partial charge in [-0.25, -0.2) is 4.79 Å². The zero-order valence-electron chi connectivity index (χ0n) is 18.9. The molecule has 3 rings (SSSR count). The van der Waals surface area contributed by atoms with Crippen molar-refractivity contribution in [2.75, 3.05) is 20.2 Å². The van der Waals surface area contributed by atoms with Gasteiger partial charge in [-0.2, -0.15) is 8.42 Å². The van der Waals surface area contributed by atoms with E-state index in [0.29, 0.717) is 12.1 Å². The molecule has 1 aromatic carbocycles. The third-order valence-electron chi connectivity index (χ3n) is 4.67. The van der Waals surface area contributed by atoms with E-state index in [1.54, 1.807) is 25.1 Å². The Hall–Kier alpha value is -3.06. The Morgan fingerprint density at radius 2 is 1.88 bits per heavy atom. The van der Waals surface area contributed by atoms with Crippen molar-refractivity contribution in [1.29, 1.82) is 0 Å². The lowest BCUT2D eigenvalue weighted by Gasteiger charge is -2.36. The number of nitrogens with zero attached hydrogens (tertiary/aromatic N) is 1. The van der Waals surface area contributed by atoms with Gasteiger partial charge in [-0.15, -0.1) is 11.3 Å². The van der Waals surface area contributed by atoms with Gasteiger partial charge < -0.3 is 20.1 Å². The van der Waals surface area contributed by atoms with Crippen LogP contribution in [0.2, 0.25) is 0 Å². The second-order valence-electron chi connectivity index (χ2n) is 7.44. The predicted molar refractivity (Wildman–Crippen MR) is 124 cm³/mol. The van der Waals surface area contributed by atoms with Crippen molar-refractivity contribution in [2.24, 2.45) is 5.73 Å². The molecule has 10 nitrogen and oxygen atoms in total. The highest BCUT2D eigenvalue weighted by Gasteiger charge is 2.34. The van der Waals surface area contributed by atoms with Crippen molar-refractivity contribution in [3.63, 3.8) is 0 Å². The average molecular weight is 511 g/mol. The first-order valence-electron chi connectivity index (χ1n) is 10.0. The van der Waals surface area contributed by atoms with Crippen LogP contribution in [0.15, 0.2) is 58.0 Å². The van der Waals surface area contributed by atoms with Gasteiger partial charge >= 0.3 is 11.9 Å². The number of ether oxygens (including phenoxy) is 2. The minimum Gasteiger partial charge on any atom is -0.463 e. The van der Waals surface area contributed by atoms with Crippen LogP contribution in [0.5, 0.6) is 0 Å². The molecule has 1 atom stereocenters. The topological polar surface area (TPSA) is 153 Å². The lowest BCUT2D eigenvalue weighted by molar-refractivity contribution is -0.149. The molecule has 1 aliphatic rings. The number of amides is 1. The maximum Gasteiger partial charge on any atom is 0.374 e. The number of methoxy groups -OCH3 is 1. The van der Waals surface area contributed by atoms with Crippen LogP contribution < -0.4 is 5.73 Å². The fourth-order valence-corrected chi connectivity index (χ4v) is 4.01. The molecule has 0 aliphatic carbocycles. The van der Waals surface area contributed by atoms with Gasteiger partial charge in [0.15, 0.2) is 0 Å². The van der Waals surface area contributed by atoms with Gasteiger partial charge in [-0.3, -0.25) is 14.1 Å². The molecule has 0 spiro atoms. The third-order valence-corrected chi connectivity index (χ3v) is 6.41. The normalized spacial score (nSPS) is 16.0. The first kappa shape index (κ1) is 27.2. The van der Waals surface area contributed by atoms with Gasteiger partial charge in [0.25, 0.3) is 10.1 Å². The smallest absolute Gasteiger partial charge is 0.374 e. The molecule has 0 saturated carbocycles. The average Bonchev–Trinajstić information content (AvgIpc) is 3.29. The van der Waals surface area contributed by atoms with E-state index in [-0.39, 0.29) is 29.5 Å². The van der Waals surface area contributed by atoms with Gasteiger partial charge in [0.2, 0.25) is 11.7 Å². The van der Waals surface area contributed by atoms with Gasteiger partial charge in [-0.05, 0) is 43.0 Å². The van der Waals surface area contributed by atoms with E-state index in [9.17, 15) is 22.8 Å². The van der Waals surface area contributed by atoms with Crippen molar-refractivity contribution in [2.45, 2.75) is 31.2 Å². The van der Waals surface area contributed by atoms with Gasteiger partial charge in [0.1, 0.15) is 6.04 Å². The number of carbonyl (C=O) groups is 3. The predicted octanol–water partition coefficient (Wildman–Crippen LogP) is 1.69. The Labute approximate surface area is 201 Å². The summed E-state index contributed by atoms with van der Waals surface area (Å²) in [5.74, 6) is -1.68. The van der Waals surface area contributed by atoms with Crippen LogP contribution in [-0.4, -0.2) is 62.0 Å². The largest absolute Gasteiger partial charge is 0.463 e. The number of aryl methyl sites for hydroxylation is 1. The van der Waals surface area contributed by atoms with E-state index in [0.717, 1.165) is 10.4 Å². The fourth-order valence-electron chi connectivity index (χ4n) is 2.84. The lowest BCUT2D eigenvalue weighted by Crippen LogP contribution is -2.61. The molecule has 1 aromatic heterocycles. The molecule has 1 fully saturated rings. The summed E-state index contributed by atoms with van der Waals surface area (Å²) in [6.45, 7) is 4.03. The van der Waals surface area contributed by atoms with Crippen molar-refractivity contribution < 1.29 is 36.8 Å². The van der Waals surface area contributed by atoms with Crippen molar-refractivity contribution in [3.8, 4) is 0 Å². The molecule has 34 heavy (non-hydrogen) atoms. The molecule has 12 heteroatoms. The molecule has 2 aromatic rings. The van der Waals surface area contributed by atoms with E-state index in [2.05, 4.69) is 4.74 Å². The number of carbonyl (C=O) groups excluding carboxylic acids is 3. The van der Waals surface area contributed by atoms with E-state index >= 15 is 0 Å². The van der Waals surface area contributed by atoms with E-state index in [1.807, 2.05) is 18.4 Å². The third kappa shape index (κ3) is 7.76. The number of nitrogens with two attached hydrogens (primary N) is 1. The Kier molecular flexibility index (Phi) is 9.50. The second-order valence-corrected chi connectivity index (χ2v) is 9.90. The van der Waals surface area contributed by atoms with Crippen molar-refractivity contribution in [3.05, 3.63) is 63.6 Å². The Balaban J connectivity index is 0.000000310. The lowest BCUT2D eigenvalue weighted by atomic mass is 10.1. The maximum atomic E-state index is 12.0. The molecular weight excluding hydrogens is 484 g/mol. The number of benzene rings is 1. The van der Waals surface area contributed by atoms with E-state index in [4.69, 9.17) is 15.0 Å². The van der Waals surface area contributed by atoms with Gasteiger partial charge in [-0.1, -0.05) is 23.8 Å². The van der Waals surface area contributed by atoms with Crippen molar-refractivity contribution >= 4 is 39.3 Å². The Morgan fingerprint density at radius 1 is 1.24 bits per heavy atom. The minimum atomic E-state index is -4.02. The summed E-state index contributed by atoms with van der Waals surface area (Å²) >= 11 is 1.42. The highest BCUT2D eigenvalue weighted by atomic mass is 32.2. The minimum absolute atomic E-state index is 0.0666. The van der Waals surface area contributed by atoms with Crippen LogP contribution in [0, 0.1) is 6.92 Å². The quantitative estimate of drug-likeness (QED) is 0.186. The zero-order chi connectivity index (χ0) is 25.5. The fraction of sp³-hybridized carbons (Fsp3) is 0.318. The summed E-state index contributed by atoms with van der Waals surface area (Å²) in [6, 6.07) is 9.13. The first-order valence-corrected chi connectivity index (χ1v) is 12.3. The molecule has 3 N–H and O–H groups in total. The van der Waals surface area contributed by atoms with Gasteiger partial charge in [0.05, 0.1) is 18.4 Å². The number of hydrogen-bond donors (Lipinski definition) is 2. The van der Waals surface area contributed by atoms with Crippen LogP contribution in [0.3, 0.4) is 0 Å². The summed E-state index contributed by atoms with van der Waals surface area (Å²) < 4.78 is 39.4. The number of thiophene rings is 1. The number of rotatable bonds is 7. The number of hydrogen-bond acceptors (Lipinski definition) is 9. The molecule has 0 unspecified atom stereocenters. The maximum absolute atomic E-state index is 12.0. The number of esters is 2. The zero-order valence-corrected chi connectivity index (χ0v) is 20.5. The van der Waals surface area contributed by atoms with Crippen LogP contribution in [-0.2, 0) is 40.4 Å². The van der Waals surface area contributed by atoms with Crippen molar-refractivity contribution in [1.82, 2.24) is 4.90 Å². The highest BCUT2D eigenvalue weighted by Crippen LogP contribution is 2.17. The first-order chi connectivity index (χ1) is 15.9. The Bertz CT molecular complexity index is 1160. The second kappa shape index (κ2) is 11.9. The van der Waals surface area contributed by atoms with Crippen LogP contribution in [0.25, 0.3) is 0 Å². The molecule has 0 radical (unpaired) electrons. The van der Waals surface area contributed by atoms with E-state index < -0.39 is 28.1 Å². The Morgan fingerprint density at radius 3 is 2.35 bits per heavy atom. The molecule has 2 heterocycles. The summed E-state index contributed by atoms with van der Waals surface area (Å²) in [6.07, 6.45) is 0.0684. The highest BCUT2D eigenvalue weighted by molar-refractivity contribution is 7.85. The van der Waals surface area contributed by atoms with Gasteiger partial charge in [0, 0.05) is 18.0 Å². The van der Waals surface area contributed by atoms with E-state index in [1.165, 1.54) is 35.5 Å². The van der Waals surface area contributed by atoms with Crippen LogP contribution in [0.4, 0.5) is 0 Å². The SMILES string of the molecule is COC(=O)C(OC(=O)Cc1cccs1)=C(C)CN1C[C@H](N)C1=O.Cc1ccc(S(=O)(=O)O)cc1. The molecule has 1 saturated heterocycles. The molecular formula is C22H26N2O8S2. The molecule has 0 bridgehead atoms. The molecule has 184 valence electrons. The summed E-state index contributed by atoms with van der Waals surface area (Å²) in [5.41, 5.74) is 6.92. The summed E-state index contributed by atoms with van der Waals surface area (Å²) in [7, 11) is -2.82.